The van der Waals surface area contributed by atoms with Crippen LogP contribution in [0.25, 0.3) is 0 Å². The van der Waals surface area contributed by atoms with E-state index >= 15 is 0 Å². The Hall–Kier alpha value is -1.66. The van der Waals surface area contributed by atoms with Gasteiger partial charge < -0.3 is 15.0 Å². The number of hydrogen-bond donors (Lipinski definition) is 1. The second kappa shape index (κ2) is 8.50. The van der Waals surface area contributed by atoms with Gasteiger partial charge in [0.1, 0.15) is 5.75 Å². The van der Waals surface area contributed by atoms with Crippen LogP contribution in [0.5, 0.6) is 5.75 Å². The summed E-state index contributed by atoms with van der Waals surface area (Å²) in [4.78, 5) is 12.6. The molecule has 1 aromatic carbocycles. The van der Waals surface area contributed by atoms with Crippen LogP contribution in [0.2, 0.25) is 0 Å². The minimum Gasteiger partial charge on any atom is -0.496 e. The summed E-state index contributed by atoms with van der Waals surface area (Å²) in [5, 5.41) is 14.1. The van der Waals surface area contributed by atoms with Gasteiger partial charge in [-0.3, -0.25) is 10.1 Å². The Morgan fingerprint density at radius 2 is 2.05 bits per heavy atom. The molecule has 0 saturated heterocycles. The van der Waals surface area contributed by atoms with E-state index in [1.54, 1.807) is 6.07 Å². The van der Waals surface area contributed by atoms with E-state index < -0.39 is 4.92 Å². The van der Waals surface area contributed by atoms with E-state index in [0.29, 0.717) is 12.3 Å². The summed E-state index contributed by atoms with van der Waals surface area (Å²) < 4.78 is 5.08. The highest BCUT2D eigenvalue weighted by Crippen LogP contribution is 2.22. The number of nitrogens with one attached hydrogen (secondary N) is 1. The molecule has 6 nitrogen and oxygen atoms in total. The summed E-state index contributed by atoms with van der Waals surface area (Å²) in [6.45, 7) is 2.59. The first-order valence-corrected chi connectivity index (χ1v) is 6.70. The molecular formula is C14H23N3O3. The van der Waals surface area contributed by atoms with Gasteiger partial charge >= 0.3 is 0 Å². The van der Waals surface area contributed by atoms with Crippen molar-refractivity contribution < 1.29 is 9.66 Å². The van der Waals surface area contributed by atoms with Gasteiger partial charge in [-0.05, 0) is 51.7 Å². The quantitative estimate of drug-likeness (QED) is 0.426. The monoisotopic (exact) mass is 281 g/mol. The Labute approximate surface area is 119 Å². The Morgan fingerprint density at radius 3 is 2.65 bits per heavy atom. The minimum atomic E-state index is -0.400. The molecule has 0 aliphatic carbocycles. The van der Waals surface area contributed by atoms with Crippen LogP contribution >= 0.6 is 0 Å². The molecule has 1 N–H and O–H groups in total. The maximum Gasteiger partial charge on any atom is 0.273 e. The first kappa shape index (κ1) is 16.4. The molecule has 0 spiro atoms. The third kappa shape index (κ3) is 5.99. The number of methoxy groups -OCH3 is 1. The predicted octanol–water partition coefficient (Wildman–Crippen LogP) is 2.03. The topological polar surface area (TPSA) is 67.6 Å². The molecular weight excluding hydrogens is 258 g/mol. The van der Waals surface area contributed by atoms with Gasteiger partial charge in [0.25, 0.3) is 5.69 Å². The third-order valence-electron chi connectivity index (χ3n) is 2.94. The van der Waals surface area contributed by atoms with Gasteiger partial charge in [0.15, 0.2) is 0 Å². The lowest BCUT2D eigenvalue weighted by Crippen LogP contribution is -2.18. The molecule has 0 heterocycles. The minimum absolute atomic E-state index is 0.0637. The average Bonchev–Trinajstić information content (AvgIpc) is 2.41. The number of benzene rings is 1. The van der Waals surface area contributed by atoms with Gasteiger partial charge in [0.05, 0.1) is 18.1 Å². The van der Waals surface area contributed by atoms with Gasteiger partial charge in [-0.15, -0.1) is 0 Å². The van der Waals surface area contributed by atoms with E-state index in [1.807, 2.05) is 6.07 Å². The molecule has 1 aromatic rings. The average molecular weight is 281 g/mol. The van der Waals surface area contributed by atoms with E-state index in [0.717, 1.165) is 31.5 Å². The summed E-state index contributed by atoms with van der Waals surface area (Å²) in [5.74, 6) is 0.517. The molecule has 0 aromatic heterocycles. The molecule has 0 fully saturated rings. The lowest BCUT2D eigenvalue weighted by molar-refractivity contribution is -0.385. The summed E-state index contributed by atoms with van der Waals surface area (Å²) >= 11 is 0. The summed E-state index contributed by atoms with van der Waals surface area (Å²) in [6.07, 6.45) is 2.22. The number of hydrogen-bond acceptors (Lipinski definition) is 5. The molecule has 0 bridgehead atoms. The molecule has 20 heavy (non-hydrogen) atoms. The zero-order valence-corrected chi connectivity index (χ0v) is 12.4. The summed E-state index contributed by atoms with van der Waals surface area (Å²) in [7, 11) is 5.63. The van der Waals surface area contributed by atoms with Crippen molar-refractivity contribution in [2.45, 2.75) is 19.4 Å². The van der Waals surface area contributed by atoms with Crippen molar-refractivity contribution in [1.29, 1.82) is 0 Å². The summed E-state index contributed by atoms with van der Waals surface area (Å²) in [5.41, 5.74) is 0.928. The van der Waals surface area contributed by atoms with Gasteiger partial charge in [-0.2, -0.15) is 0 Å². The molecule has 0 amide bonds. The van der Waals surface area contributed by atoms with Crippen molar-refractivity contribution in [2.24, 2.45) is 0 Å². The van der Waals surface area contributed by atoms with E-state index in [1.165, 1.54) is 13.2 Å². The Kier molecular flexibility index (Phi) is 6.97. The van der Waals surface area contributed by atoms with Crippen LogP contribution in [0, 0.1) is 10.1 Å². The largest absolute Gasteiger partial charge is 0.496 e. The zero-order valence-electron chi connectivity index (χ0n) is 12.4. The lowest BCUT2D eigenvalue weighted by atomic mass is 10.2. The van der Waals surface area contributed by atoms with Crippen LogP contribution < -0.4 is 10.1 Å². The molecule has 0 atom stereocenters. The van der Waals surface area contributed by atoms with Crippen LogP contribution in [0.4, 0.5) is 5.69 Å². The number of non-ortho nitro benzene ring substituents is 1. The van der Waals surface area contributed by atoms with E-state index in [2.05, 4.69) is 24.3 Å². The zero-order chi connectivity index (χ0) is 15.0. The molecule has 0 unspecified atom stereocenters. The van der Waals surface area contributed by atoms with Gasteiger partial charge in [0.2, 0.25) is 0 Å². The van der Waals surface area contributed by atoms with E-state index in [4.69, 9.17) is 4.74 Å². The number of nitrogens with zero attached hydrogens (tertiary/aromatic N) is 2. The highest BCUT2D eigenvalue weighted by Gasteiger charge is 2.09. The van der Waals surface area contributed by atoms with E-state index in [-0.39, 0.29) is 5.69 Å². The van der Waals surface area contributed by atoms with Crippen LogP contribution in [-0.4, -0.2) is 44.1 Å². The number of rotatable bonds is 9. The number of nitro groups is 1. The van der Waals surface area contributed by atoms with Gasteiger partial charge in [-0.1, -0.05) is 0 Å². The standard InChI is InChI=1S/C14H23N3O3/c1-16(2)7-5-4-6-15-11-12-8-13(17(18)19)10-14(9-12)20-3/h8-10,15H,4-7,11H2,1-3H3. The number of nitro benzene ring substituents is 1. The molecule has 112 valence electrons. The van der Waals surface area contributed by atoms with Crippen molar-refractivity contribution >= 4 is 5.69 Å². The van der Waals surface area contributed by atoms with Gasteiger partial charge in [0, 0.05) is 12.6 Å². The van der Waals surface area contributed by atoms with Gasteiger partial charge in [-0.25, -0.2) is 0 Å². The van der Waals surface area contributed by atoms with Crippen LogP contribution in [0.3, 0.4) is 0 Å². The summed E-state index contributed by atoms with van der Waals surface area (Å²) in [6, 6.07) is 4.83. The normalized spacial score (nSPS) is 10.8. The Bertz CT molecular complexity index is 436. The SMILES string of the molecule is COc1cc(CNCCCCN(C)C)cc([N+](=O)[O-])c1. The molecule has 0 saturated carbocycles. The second-order valence-corrected chi connectivity index (χ2v) is 4.98. The molecule has 6 heteroatoms. The number of ether oxygens (including phenoxy) is 1. The van der Waals surface area contributed by atoms with Crippen molar-refractivity contribution in [3.05, 3.63) is 33.9 Å². The molecule has 0 aliphatic rings. The highest BCUT2D eigenvalue weighted by atomic mass is 16.6. The Balaban J connectivity index is 2.43. The molecule has 1 rings (SSSR count). The molecule has 0 radical (unpaired) electrons. The first-order chi connectivity index (χ1) is 9.52. The van der Waals surface area contributed by atoms with Crippen LogP contribution in [-0.2, 0) is 6.54 Å². The third-order valence-corrected chi connectivity index (χ3v) is 2.94. The van der Waals surface area contributed by atoms with Crippen molar-refractivity contribution in [3.63, 3.8) is 0 Å². The second-order valence-electron chi connectivity index (χ2n) is 4.98. The Morgan fingerprint density at radius 1 is 1.30 bits per heavy atom. The smallest absolute Gasteiger partial charge is 0.273 e. The number of unbranched alkanes of at least 4 members (excludes halogenated alkanes) is 1. The fourth-order valence-electron chi connectivity index (χ4n) is 1.88. The fourth-order valence-corrected chi connectivity index (χ4v) is 1.88. The first-order valence-electron chi connectivity index (χ1n) is 6.70. The predicted molar refractivity (Wildman–Crippen MR) is 79.1 cm³/mol. The van der Waals surface area contributed by atoms with Crippen molar-refractivity contribution in [1.82, 2.24) is 10.2 Å². The lowest BCUT2D eigenvalue weighted by Gasteiger charge is -2.10. The fraction of sp³-hybridized carbons (Fsp3) is 0.571. The van der Waals surface area contributed by atoms with Crippen molar-refractivity contribution in [2.75, 3.05) is 34.3 Å². The highest BCUT2D eigenvalue weighted by molar-refractivity contribution is 5.42. The van der Waals surface area contributed by atoms with Crippen LogP contribution in [0.1, 0.15) is 18.4 Å². The van der Waals surface area contributed by atoms with E-state index in [9.17, 15) is 10.1 Å². The van der Waals surface area contributed by atoms with Crippen LogP contribution in [0.15, 0.2) is 18.2 Å². The maximum absolute atomic E-state index is 10.8. The van der Waals surface area contributed by atoms with Crippen molar-refractivity contribution in [3.8, 4) is 5.75 Å². The molecule has 0 aliphatic heterocycles. The maximum atomic E-state index is 10.8.